The molecular formula is C21H20N4OS. The summed E-state index contributed by atoms with van der Waals surface area (Å²) in [4.78, 5) is 24.0. The summed E-state index contributed by atoms with van der Waals surface area (Å²) in [6.45, 7) is 0.756. The third kappa shape index (κ3) is 3.37. The number of aromatic nitrogens is 2. The van der Waals surface area contributed by atoms with Gasteiger partial charge in [-0.1, -0.05) is 42.1 Å². The fourth-order valence-corrected chi connectivity index (χ4v) is 4.18. The Labute approximate surface area is 162 Å². The average Bonchev–Trinajstić information content (AvgIpc) is 3.41. The Morgan fingerprint density at radius 2 is 1.93 bits per heavy atom. The van der Waals surface area contributed by atoms with Gasteiger partial charge in [0.15, 0.2) is 5.16 Å². The van der Waals surface area contributed by atoms with Gasteiger partial charge in [-0.05, 0) is 43.0 Å². The number of amides is 1. The van der Waals surface area contributed by atoms with E-state index >= 15 is 0 Å². The Kier molecular flexibility index (Phi) is 4.20. The first-order chi connectivity index (χ1) is 13.3. The van der Waals surface area contributed by atoms with Gasteiger partial charge in [0.05, 0.1) is 11.3 Å². The molecule has 6 heteroatoms. The molecule has 5 nitrogen and oxygen atoms in total. The van der Waals surface area contributed by atoms with Crippen LogP contribution in [0.2, 0.25) is 0 Å². The van der Waals surface area contributed by atoms with Crippen LogP contribution in [0.25, 0.3) is 10.9 Å². The van der Waals surface area contributed by atoms with Crippen LogP contribution >= 0.6 is 11.8 Å². The zero-order valence-electron chi connectivity index (χ0n) is 14.9. The minimum atomic E-state index is 0.110. The lowest BCUT2D eigenvalue weighted by molar-refractivity contribution is -0.116. The van der Waals surface area contributed by atoms with Gasteiger partial charge in [0.25, 0.3) is 0 Å². The second kappa shape index (κ2) is 6.85. The van der Waals surface area contributed by atoms with E-state index in [4.69, 9.17) is 4.98 Å². The number of para-hydroxylation sites is 2. The predicted molar refractivity (Wildman–Crippen MR) is 109 cm³/mol. The van der Waals surface area contributed by atoms with E-state index in [1.165, 1.54) is 30.2 Å². The molecule has 2 aromatic carbocycles. The largest absolute Gasteiger partial charge is 0.367 e. The Morgan fingerprint density at radius 1 is 1.11 bits per heavy atom. The number of carbonyl (C=O) groups is 1. The van der Waals surface area contributed by atoms with Crippen molar-refractivity contribution in [2.24, 2.45) is 0 Å². The third-order valence-corrected chi connectivity index (χ3v) is 5.85. The monoisotopic (exact) mass is 376 g/mol. The first-order valence-corrected chi connectivity index (χ1v) is 10.3. The summed E-state index contributed by atoms with van der Waals surface area (Å²) in [7, 11) is 0. The van der Waals surface area contributed by atoms with E-state index in [9.17, 15) is 4.79 Å². The Hall–Kier alpha value is -2.60. The van der Waals surface area contributed by atoms with Gasteiger partial charge in [-0.3, -0.25) is 4.79 Å². The fraction of sp³-hybridized carbons (Fsp3) is 0.286. The predicted octanol–water partition coefficient (Wildman–Crippen LogP) is 3.89. The van der Waals surface area contributed by atoms with Crippen molar-refractivity contribution in [3.8, 4) is 0 Å². The summed E-state index contributed by atoms with van der Waals surface area (Å²) in [5, 5.41) is 5.18. The number of rotatable bonds is 5. The summed E-state index contributed by atoms with van der Waals surface area (Å²) < 4.78 is 0. The normalized spacial score (nSPS) is 15.8. The number of benzene rings is 2. The molecule has 27 heavy (non-hydrogen) atoms. The summed E-state index contributed by atoms with van der Waals surface area (Å²) >= 11 is 1.41. The van der Waals surface area contributed by atoms with Gasteiger partial charge >= 0.3 is 0 Å². The maximum absolute atomic E-state index is 12.8. The van der Waals surface area contributed by atoms with Gasteiger partial charge in [-0.15, -0.1) is 0 Å². The molecule has 136 valence electrons. The number of hydrogen-bond acceptors (Lipinski definition) is 5. The standard InChI is InChI=1S/C21H20N4OS/c26-19(25-12-11-14-5-1-4-8-18(14)25)13-27-21-23-17-7-3-2-6-16(17)20(24-21)22-15-9-10-15/h1-8,15H,9-13H2,(H,22,23,24). The Bertz CT molecular complexity index is 1020. The maximum Gasteiger partial charge on any atom is 0.237 e. The van der Waals surface area contributed by atoms with E-state index in [0.717, 1.165) is 35.4 Å². The second-order valence-corrected chi connectivity index (χ2v) is 7.95. The van der Waals surface area contributed by atoms with Crippen LogP contribution in [0.3, 0.4) is 0 Å². The molecule has 1 aliphatic heterocycles. The number of nitrogens with one attached hydrogen (secondary N) is 1. The number of nitrogens with zero attached hydrogens (tertiary/aromatic N) is 3. The molecule has 0 saturated heterocycles. The van der Waals surface area contributed by atoms with E-state index < -0.39 is 0 Å². The van der Waals surface area contributed by atoms with Crippen LogP contribution in [0.5, 0.6) is 0 Å². The van der Waals surface area contributed by atoms with Gasteiger partial charge < -0.3 is 10.2 Å². The average molecular weight is 376 g/mol. The van der Waals surface area contributed by atoms with E-state index in [-0.39, 0.29) is 5.91 Å². The number of carbonyl (C=O) groups excluding carboxylic acids is 1. The molecule has 1 aliphatic carbocycles. The smallest absolute Gasteiger partial charge is 0.237 e. The van der Waals surface area contributed by atoms with E-state index in [1.807, 2.05) is 47.4 Å². The molecule has 1 N–H and O–H groups in total. The van der Waals surface area contributed by atoms with Crippen molar-refractivity contribution in [1.82, 2.24) is 9.97 Å². The van der Waals surface area contributed by atoms with Crippen LogP contribution in [-0.2, 0) is 11.2 Å². The van der Waals surface area contributed by atoms with Gasteiger partial charge in [0, 0.05) is 23.7 Å². The minimum absolute atomic E-state index is 0.110. The molecule has 0 atom stereocenters. The maximum atomic E-state index is 12.8. The number of fused-ring (bicyclic) bond motifs is 2. The molecule has 3 aromatic rings. The molecule has 1 saturated carbocycles. The molecular weight excluding hydrogens is 356 g/mol. The summed E-state index contributed by atoms with van der Waals surface area (Å²) in [5.41, 5.74) is 3.20. The van der Waals surface area contributed by atoms with Gasteiger partial charge in [-0.2, -0.15) is 0 Å². The lowest BCUT2D eigenvalue weighted by atomic mass is 10.2. The molecule has 1 aromatic heterocycles. The Morgan fingerprint density at radius 3 is 2.81 bits per heavy atom. The highest BCUT2D eigenvalue weighted by Gasteiger charge is 2.25. The zero-order valence-corrected chi connectivity index (χ0v) is 15.7. The van der Waals surface area contributed by atoms with Crippen molar-refractivity contribution in [3.63, 3.8) is 0 Å². The fourth-order valence-electron chi connectivity index (χ4n) is 3.45. The number of thioether (sulfide) groups is 1. The van der Waals surface area contributed by atoms with Crippen molar-refractivity contribution < 1.29 is 4.79 Å². The first-order valence-electron chi connectivity index (χ1n) is 9.32. The third-order valence-electron chi connectivity index (χ3n) is 5.01. The highest BCUT2D eigenvalue weighted by Crippen LogP contribution is 2.31. The minimum Gasteiger partial charge on any atom is -0.367 e. The molecule has 1 amide bonds. The quantitative estimate of drug-likeness (QED) is 0.541. The second-order valence-electron chi connectivity index (χ2n) is 7.00. The van der Waals surface area contributed by atoms with Gasteiger partial charge in [-0.25, -0.2) is 9.97 Å². The van der Waals surface area contributed by atoms with Crippen LogP contribution in [0.4, 0.5) is 11.5 Å². The van der Waals surface area contributed by atoms with Crippen molar-refractivity contribution >= 4 is 40.1 Å². The van der Waals surface area contributed by atoms with Crippen molar-refractivity contribution in [3.05, 3.63) is 54.1 Å². The molecule has 0 bridgehead atoms. The van der Waals surface area contributed by atoms with Gasteiger partial charge in [0.1, 0.15) is 5.82 Å². The molecule has 0 unspecified atom stereocenters. The number of hydrogen-bond donors (Lipinski definition) is 1. The highest BCUT2D eigenvalue weighted by atomic mass is 32.2. The van der Waals surface area contributed by atoms with Crippen LogP contribution in [0, 0.1) is 0 Å². The van der Waals surface area contributed by atoms with Gasteiger partial charge in [0.2, 0.25) is 5.91 Å². The zero-order chi connectivity index (χ0) is 18.2. The summed E-state index contributed by atoms with van der Waals surface area (Å²) in [5.74, 6) is 1.33. The van der Waals surface area contributed by atoms with Crippen LogP contribution in [0.1, 0.15) is 18.4 Å². The van der Waals surface area contributed by atoms with E-state index in [0.29, 0.717) is 17.0 Å². The molecule has 5 rings (SSSR count). The van der Waals surface area contributed by atoms with E-state index in [2.05, 4.69) is 16.4 Å². The van der Waals surface area contributed by atoms with Crippen LogP contribution < -0.4 is 10.2 Å². The van der Waals surface area contributed by atoms with E-state index in [1.54, 1.807) is 0 Å². The van der Waals surface area contributed by atoms with Crippen LogP contribution in [-0.4, -0.2) is 34.2 Å². The number of anilines is 2. The SMILES string of the molecule is O=C(CSc1nc(NC2CC2)c2ccccc2n1)N1CCc2ccccc21. The topological polar surface area (TPSA) is 58.1 Å². The molecule has 0 radical (unpaired) electrons. The molecule has 0 spiro atoms. The Balaban J connectivity index is 1.35. The van der Waals surface area contributed by atoms with Crippen molar-refractivity contribution in [2.75, 3.05) is 22.5 Å². The molecule has 2 heterocycles. The molecule has 1 fully saturated rings. The van der Waals surface area contributed by atoms with Crippen LogP contribution in [0.15, 0.2) is 53.7 Å². The summed E-state index contributed by atoms with van der Waals surface area (Å²) in [6.07, 6.45) is 3.30. The molecule has 2 aliphatic rings. The lowest BCUT2D eigenvalue weighted by Crippen LogP contribution is -2.30. The van der Waals surface area contributed by atoms with Crippen molar-refractivity contribution in [1.29, 1.82) is 0 Å². The van der Waals surface area contributed by atoms with Crippen molar-refractivity contribution in [2.45, 2.75) is 30.5 Å². The highest BCUT2D eigenvalue weighted by molar-refractivity contribution is 7.99. The lowest BCUT2D eigenvalue weighted by Gasteiger charge is -2.17. The summed E-state index contributed by atoms with van der Waals surface area (Å²) in [6, 6.07) is 16.7. The first kappa shape index (κ1) is 16.6.